The lowest BCUT2D eigenvalue weighted by molar-refractivity contribution is 0.0601. The Hall–Kier alpha value is -1.72. The van der Waals surface area contributed by atoms with Crippen molar-refractivity contribution in [3.63, 3.8) is 0 Å². The molecule has 0 aliphatic carbocycles. The fourth-order valence-corrected chi connectivity index (χ4v) is 1.93. The van der Waals surface area contributed by atoms with E-state index in [-0.39, 0.29) is 25.0 Å². The number of benzene rings is 1. The Balaban J connectivity index is 1.93. The third-order valence-electron chi connectivity index (χ3n) is 2.78. The lowest BCUT2D eigenvalue weighted by Gasteiger charge is -2.13. The number of hydrogen-bond acceptors (Lipinski definition) is 4. The van der Waals surface area contributed by atoms with Crippen molar-refractivity contribution in [2.75, 3.05) is 26.4 Å². The Morgan fingerprint density at radius 3 is 2.22 bits per heavy atom. The van der Waals surface area contributed by atoms with Crippen LogP contribution in [0.15, 0.2) is 24.3 Å². The molecule has 1 N–H and O–H groups in total. The molecule has 0 spiro atoms. The molecule has 0 saturated carbocycles. The summed E-state index contributed by atoms with van der Waals surface area (Å²) in [5, 5.41) is 8.54. The minimum absolute atomic E-state index is 0.0208. The van der Waals surface area contributed by atoms with Crippen LogP contribution in [0.3, 0.4) is 0 Å². The third kappa shape index (κ3) is 2.42. The lowest BCUT2D eigenvalue weighted by Crippen LogP contribution is -2.31. The van der Waals surface area contributed by atoms with E-state index >= 15 is 0 Å². The summed E-state index contributed by atoms with van der Waals surface area (Å²) in [7, 11) is 0. The maximum absolute atomic E-state index is 12.0. The van der Waals surface area contributed by atoms with Crippen molar-refractivity contribution in [1.29, 1.82) is 0 Å². The summed E-state index contributed by atoms with van der Waals surface area (Å²) in [4.78, 5) is 25.1. The van der Waals surface area contributed by atoms with Crippen molar-refractivity contribution >= 4 is 11.8 Å². The first kappa shape index (κ1) is 12.7. The molecule has 1 aromatic rings. The van der Waals surface area contributed by atoms with Crippen LogP contribution < -0.4 is 0 Å². The van der Waals surface area contributed by atoms with E-state index in [0.29, 0.717) is 30.7 Å². The van der Waals surface area contributed by atoms with Crippen molar-refractivity contribution in [3.05, 3.63) is 35.4 Å². The summed E-state index contributed by atoms with van der Waals surface area (Å²) < 4.78 is 5.09. The van der Waals surface area contributed by atoms with Gasteiger partial charge in [-0.1, -0.05) is 12.1 Å². The number of imide groups is 1. The zero-order chi connectivity index (χ0) is 13.0. The molecule has 96 valence electrons. The minimum Gasteiger partial charge on any atom is -0.394 e. The second-order valence-electron chi connectivity index (χ2n) is 4.00. The molecule has 0 atom stereocenters. The highest BCUT2D eigenvalue weighted by Gasteiger charge is 2.34. The maximum Gasteiger partial charge on any atom is 0.261 e. The Morgan fingerprint density at radius 2 is 1.67 bits per heavy atom. The number of hydrogen-bond donors (Lipinski definition) is 1. The molecule has 5 heteroatoms. The molecule has 0 unspecified atom stereocenters. The fourth-order valence-electron chi connectivity index (χ4n) is 1.93. The number of amides is 2. The van der Waals surface area contributed by atoms with Gasteiger partial charge in [0, 0.05) is 13.2 Å². The SMILES string of the molecule is O=C1c2ccccc2C(=O)N1CCCOCCO. The molecule has 0 fully saturated rings. The summed E-state index contributed by atoms with van der Waals surface area (Å²) in [6.45, 7) is 1.03. The van der Waals surface area contributed by atoms with Gasteiger partial charge in [0.05, 0.1) is 24.3 Å². The Labute approximate surface area is 105 Å². The highest BCUT2D eigenvalue weighted by atomic mass is 16.5. The van der Waals surface area contributed by atoms with Crippen molar-refractivity contribution in [2.24, 2.45) is 0 Å². The van der Waals surface area contributed by atoms with Crippen LogP contribution in [-0.2, 0) is 4.74 Å². The summed E-state index contributed by atoms with van der Waals surface area (Å²) >= 11 is 0. The Kier molecular flexibility index (Phi) is 4.07. The van der Waals surface area contributed by atoms with E-state index in [1.54, 1.807) is 24.3 Å². The van der Waals surface area contributed by atoms with Gasteiger partial charge < -0.3 is 9.84 Å². The van der Waals surface area contributed by atoms with Gasteiger partial charge in [-0.25, -0.2) is 0 Å². The van der Waals surface area contributed by atoms with E-state index in [9.17, 15) is 9.59 Å². The van der Waals surface area contributed by atoms with Gasteiger partial charge in [-0.2, -0.15) is 0 Å². The first-order valence-corrected chi connectivity index (χ1v) is 5.89. The van der Waals surface area contributed by atoms with E-state index in [0.717, 1.165) is 0 Å². The number of aliphatic hydroxyl groups excluding tert-OH is 1. The first-order chi connectivity index (χ1) is 8.75. The molecule has 1 heterocycles. The summed E-state index contributed by atoms with van der Waals surface area (Å²) in [5.74, 6) is -0.476. The van der Waals surface area contributed by atoms with Crippen molar-refractivity contribution < 1.29 is 19.4 Å². The van der Waals surface area contributed by atoms with Crippen LogP contribution in [0.5, 0.6) is 0 Å². The summed E-state index contributed by atoms with van der Waals surface area (Å²) in [6, 6.07) is 6.82. The van der Waals surface area contributed by atoms with E-state index in [1.165, 1.54) is 4.90 Å². The molecular weight excluding hydrogens is 234 g/mol. The minimum atomic E-state index is -0.238. The van der Waals surface area contributed by atoms with Gasteiger partial charge in [-0.3, -0.25) is 14.5 Å². The molecule has 0 saturated heterocycles. The average molecular weight is 249 g/mol. The highest BCUT2D eigenvalue weighted by Crippen LogP contribution is 2.22. The molecule has 5 nitrogen and oxygen atoms in total. The maximum atomic E-state index is 12.0. The predicted octanol–water partition coefficient (Wildman–Crippen LogP) is 0.682. The third-order valence-corrected chi connectivity index (χ3v) is 2.78. The van der Waals surface area contributed by atoms with Crippen molar-refractivity contribution in [3.8, 4) is 0 Å². The number of fused-ring (bicyclic) bond motifs is 1. The van der Waals surface area contributed by atoms with Crippen LogP contribution in [0.25, 0.3) is 0 Å². The average Bonchev–Trinajstić information content (AvgIpc) is 2.64. The molecule has 1 aromatic carbocycles. The second-order valence-corrected chi connectivity index (χ2v) is 4.00. The largest absolute Gasteiger partial charge is 0.394 e. The van der Waals surface area contributed by atoms with Gasteiger partial charge in [-0.05, 0) is 18.6 Å². The number of rotatable bonds is 6. The topological polar surface area (TPSA) is 66.8 Å². The van der Waals surface area contributed by atoms with E-state index in [2.05, 4.69) is 0 Å². The van der Waals surface area contributed by atoms with Crippen LogP contribution in [0.2, 0.25) is 0 Å². The summed E-state index contributed by atoms with van der Waals surface area (Å²) in [5.41, 5.74) is 0.942. The zero-order valence-corrected chi connectivity index (χ0v) is 9.96. The Bertz CT molecular complexity index is 423. The van der Waals surface area contributed by atoms with Crippen LogP contribution in [0.4, 0.5) is 0 Å². The zero-order valence-electron chi connectivity index (χ0n) is 9.96. The molecule has 1 aliphatic heterocycles. The van der Waals surface area contributed by atoms with Crippen LogP contribution in [0, 0.1) is 0 Å². The quantitative estimate of drug-likeness (QED) is 0.594. The molecule has 2 rings (SSSR count). The smallest absolute Gasteiger partial charge is 0.261 e. The number of carbonyl (C=O) groups is 2. The molecule has 18 heavy (non-hydrogen) atoms. The monoisotopic (exact) mass is 249 g/mol. The van der Waals surface area contributed by atoms with E-state index < -0.39 is 0 Å². The molecular formula is C13H15NO4. The fraction of sp³-hybridized carbons (Fsp3) is 0.385. The normalized spacial score (nSPS) is 14.2. The Morgan fingerprint density at radius 1 is 1.06 bits per heavy atom. The van der Waals surface area contributed by atoms with Crippen LogP contribution >= 0.6 is 0 Å². The van der Waals surface area contributed by atoms with Gasteiger partial charge in [0.25, 0.3) is 11.8 Å². The van der Waals surface area contributed by atoms with Gasteiger partial charge in [0.2, 0.25) is 0 Å². The van der Waals surface area contributed by atoms with Crippen LogP contribution in [-0.4, -0.2) is 48.2 Å². The first-order valence-electron chi connectivity index (χ1n) is 5.89. The number of nitrogens with zero attached hydrogens (tertiary/aromatic N) is 1. The number of carbonyl (C=O) groups excluding carboxylic acids is 2. The van der Waals surface area contributed by atoms with Crippen LogP contribution in [0.1, 0.15) is 27.1 Å². The van der Waals surface area contributed by atoms with E-state index in [1.807, 2.05) is 0 Å². The molecule has 0 radical (unpaired) electrons. The van der Waals surface area contributed by atoms with Crippen molar-refractivity contribution in [2.45, 2.75) is 6.42 Å². The molecule has 1 aliphatic rings. The summed E-state index contributed by atoms with van der Waals surface area (Å²) in [6.07, 6.45) is 0.575. The molecule has 2 amide bonds. The molecule has 0 bridgehead atoms. The number of aliphatic hydroxyl groups is 1. The van der Waals surface area contributed by atoms with E-state index in [4.69, 9.17) is 9.84 Å². The van der Waals surface area contributed by atoms with Gasteiger partial charge in [-0.15, -0.1) is 0 Å². The standard InChI is InChI=1S/C13H15NO4/c15-7-9-18-8-3-6-14-12(16)10-4-1-2-5-11(10)13(14)17/h1-2,4-5,15H,3,6-9H2. The van der Waals surface area contributed by atoms with Crippen molar-refractivity contribution in [1.82, 2.24) is 4.90 Å². The molecule has 0 aromatic heterocycles. The van der Waals surface area contributed by atoms with Gasteiger partial charge >= 0.3 is 0 Å². The van der Waals surface area contributed by atoms with Gasteiger partial charge in [0.15, 0.2) is 0 Å². The highest BCUT2D eigenvalue weighted by molar-refractivity contribution is 6.21. The lowest BCUT2D eigenvalue weighted by atomic mass is 10.1. The second kappa shape index (κ2) is 5.75. The predicted molar refractivity (Wildman–Crippen MR) is 64.3 cm³/mol. The van der Waals surface area contributed by atoms with Gasteiger partial charge in [0.1, 0.15) is 0 Å². The number of ether oxygens (including phenoxy) is 1.